The van der Waals surface area contributed by atoms with Crippen molar-refractivity contribution >= 4 is 11.3 Å². The van der Waals surface area contributed by atoms with Crippen LogP contribution in [0, 0.1) is 0 Å². The molecular formula is C13H16N2OS. The van der Waals surface area contributed by atoms with E-state index in [4.69, 9.17) is 10.5 Å². The average molecular weight is 248 g/mol. The maximum Gasteiger partial charge on any atom is 0.131 e. The van der Waals surface area contributed by atoms with Crippen molar-refractivity contribution in [3.8, 4) is 5.75 Å². The molecule has 0 aliphatic heterocycles. The van der Waals surface area contributed by atoms with Gasteiger partial charge >= 0.3 is 0 Å². The molecule has 0 spiro atoms. The first kappa shape index (κ1) is 12.1. The second kappa shape index (κ2) is 5.80. The lowest BCUT2D eigenvalue weighted by Crippen LogP contribution is -2.17. The van der Waals surface area contributed by atoms with Crippen molar-refractivity contribution in [1.29, 1.82) is 0 Å². The van der Waals surface area contributed by atoms with Gasteiger partial charge < -0.3 is 10.5 Å². The fourth-order valence-electron chi connectivity index (χ4n) is 1.56. The van der Waals surface area contributed by atoms with Gasteiger partial charge in [-0.1, -0.05) is 12.1 Å². The molecule has 1 aromatic carbocycles. The van der Waals surface area contributed by atoms with Crippen LogP contribution in [-0.2, 0) is 13.0 Å². The summed E-state index contributed by atoms with van der Waals surface area (Å²) < 4.78 is 5.62. The summed E-state index contributed by atoms with van der Waals surface area (Å²) in [4.78, 5) is 4.17. The summed E-state index contributed by atoms with van der Waals surface area (Å²) in [7, 11) is 0. The van der Waals surface area contributed by atoms with Crippen LogP contribution in [0.4, 0.5) is 0 Å². The molecule has 0 aliphatic rings. The van der Waals surface area contributed by atoms with Crippen molar-refractivity contribution in [3.63, 3.8) is 0 Å². The summed E-state index contributed by atoms with van der Waals surface area (Å²) in [5.41, 5.74) is 9.76. The number of benzene rings is 1. The van der Waals surface area contributed by atoms with Gasteiger partial charge in [0, 0.05) is 11.4 Å². The van der Waals surface area contributed by atoms with Gasteiger partial charge in [-0.3, -0.25) is 0 Å². The number of ether oxygens (including phenoxy) is 1. The predicted octanol–water partition coefficient (Wildman–Crippen LogP) is 2.61. The molecule has 1 unspecified atom stereocenters. The summed E-state index contributed by atoms with van der Waals surface area (Å²) >= 11 is 1.58. The van der Waals surface area contributed by atoms with E-state index in [1.54, 1.807) is 11.3 Å². The van der Waals surface area contributed by atoms with Gasteiger partial charge in [-0.05, 0) is 31.0 Å². The SMILES string of the molecule is CC(N)Cc1ccc(OCc2cscn2)cc1. The van der Waals surface area contributed by atoms with Crippen molar-refractivity contribution in [1.82, 2.24) is 4.98 Å². The van der Waals surface area contributed by atoms with E-state index in [-0.39, 0.29) is 6.04 Å². The number of aromatic nitrogens is 1. The molecule has 2 rings (SSSR count). The Kier molecular flexibility index (Phi) is 4.12. The number of nitrogens with zero attached hydrogens (tertiary/aromatic N) is 1. The third kappa shape index (κ3) is 3.84. The van der Waals surface area contributed by atoms with Crippen molar-refractivity contribution in [2.45, 2.75) is 26.0 Å². The number of rotatable bonds is 5. The van der Waals surface area contributed by atoms with Crippen molar-refractivity contribution in [3.05, 3.63) is 46.4 Å². The molecule has 1 aromatic heterocycles. The van der Waals surface area contributed by atoms with Gasteiger partial charge in [-0.25, -0.2) is 4.98 Å². The van der Waals surface area contributed by atoms with Crippen LogP contribution in [0.5, 0.6) is 5.75 Å². The van der Waals surface area contributed by atoms with Gasteiger partial charge in [0.2, 0.25) is 0 Å². The Balaban J connectivity index is 1.89. The molecule has 90 valence electrons. The number of hydrogen-bond acceptors (Lipinski definition) is 4. The fourth-order valence-corrected chi connectivity index (χ4v) is 2.10. The molecule has 2 aromatic rings. The second-order valence-corrected chi connectivity index (χ2v) is 4.81. The lowest BCUT2D eigenvalue weighted by molar-refractivity contribution is 0.302. The van der Waals surface area contributed by atoms with E-state index in [2.05, 4.69) is 17.1 Å². The van der Waals surface area contributed by atoms with E-state index >= 15 is 0 Å². The number of hydrogen-bond donors (Lipinski definition) is 1. The highest BCUT2D eigenvalue weighted by Crippen LogP contribution is 2.15. The van der Waals surface area contributed by atoms with E-state index < -0.39 is 0 Å². The minimum absolute atomic E-state index is 0.191. The van der Waals surface area contributed by atoms with Gasteiger partial charge in [-0.15, -0.1) is 11.3 Å². The Hall–Kier alpha value is -1.39. The Labute approximate surface area is 105 Å². The van der Waals surface area contributed by atoms with Gasteiger partial charge in [0.25, 0.3) is 0 Å². The van der Waals surface area contributed by atoms with Gasteiger partial charge in [-0.2, -0.15) is 0 Å². The average Bonchev–Trinajstić information content (AvgIpc) is 2.80. The smallest absolute Gasteiger partial charge is 0.131 e. The van der Waals surface area contributed by atoms with Crippen LogP contribution >= 0.6 is 11.3 Å². The summed E-state index contributed by atoms with van der Waals surface area (Å²) in [6.45, 7) is 2.53. The van der Waals surface area contributed by atoms with E-state index in [1.807, 2.05) is 29.9 Å². The molecule has 0 amide bonds. The third-order valence-electron chi connectivity index (χ3n) is 2.35. The quantitative estimate of drug-likeness (QED) is 0.884. The Morgan fingerprint density at radius 2 is 2.12 bits per heavy atom. The van der Waals surface area contributed by atoms with E-state index in [0.717, 1.165) is 17.9 Å². The molecule has 3 nitrogen and oxygen atoms in total. The van der Waals surface area contributed by atoms with Gasteiger partial charge in [0.15, 0.2) is 0 Å². The topological polar surface area (TPSA) is 48.1 Å². The van der Waals surface area contributed by atoms with Crippen LogP contribution in [0.1, 0.15) is 18.2 Å². The van der Waals surface area contributed by atoms with Crippen LogP contribution in [0.15, 0.2) is 35.2 Å². The zero-order valence-corrected chi connectivity index (χ0v) is 10.6. The molecule has 0 fully saturated rings. The zero-order valence-electron chi connectivity index (χ0n) is 9.80. The first-order valence-corrected chi connectivity index (χ1v) is 6.52. The lowest BCUT2D eigenvalue weighted by Gasteiger charge is -2.07. The molecule has 2 N–H and O–H groups in total. The summed E-state index contributed by atoms with van der Waals surface area (Å²) in [5, 5.41) is 1.99. The number of nitrogens with two attached hydrogens (primary N) is 1. The molecule has 17 heavy (non-hydrogen) atoms. The first-order chi connectivity index (χ1) is 8.24. The molecule has 0 bridgehead atoms. The van der Waals surface area contributed by atoms with Crippen LogP contribution in [0.25, 0.3) is 0 Å². The zero-order chi connectivity index (χ0) is 12.1. The summed E-state index contributed by atoms with van der Waals surface area (Å²) in [5.74, 6) is 0.867. The summed E-state index contributed by atoms with van der Waals surface area (Å²) in [6, 6.07) is 8.25. The second-order valence-electron chi connectivity index (χ2n) is 4.09. The lowest BCUT2D eigenvalue weighted by atomic mass is 10.1. The maximum absolute atomic E-state index is 5.75. The Morgan fingerprint density at radius 1 is 1.35 bits per heavy atom. The van der Waals surface area contributed by atoms with Crippen molar-refractivity contribution in [2.75, 3.05) is 0 Å². The minimum atomic E-state index is 0.191. The first-order valence-electron chi connectivity index (χ1n) is 5.58. The number of thiazole rings is 1. The monoisotopic (exact) mass is 248 g/mol. The molecule has 1 atom stereocenters. The highest BCUT2D eigenvalue weighted by Gasteiger charge is 2.00. The van der Waals surface area contributed by atoms with Gasteiger partial charge in [0.05, 0.1) is 11.2 Å². The van der Waals surface area contributed by atoms with Crippen LogP contribution in [0.3, 0.4) is 0 Å². The molecule has 0 aliphatic carbocycles. The normalized spacial score (nSPS) is 12.4. The highest BCUT2D eigenvalue weighted by atomic mass is 32.1. The van der Waals surface area contributed by atoms with E-state index in [9.17, 15) is 0 Å². The molecule has 0 radical (unpaired) electrons. The molecule has 1 heterocycles. The van der Waals surface area contributed by atoms with Crippen LogP contribution < -0.4 is 10.5 Å². The maximum atomic E-state index is 5.75. The molecule has 0 saturated carbocycles. The standard InChI is InChI=1S/C13H16N2OS/c1-10(14)6-11-2-4-13(5-3-11)16-7-12-8-17-9-15-12/h2-5,8-10H,6-7,14H2,1H3. The molecule has 0 saturated heterocycles. The largest absolute Gasteiger partial charge is 0.487 e. The predicted molar refractivity (Wildman–Crippen MR) is 70.2 cm³/mol. The molecular weight excluding hydrogens is 232 g/mol. The highest BCUT2D eigenvalue weighted by molar-refractivity contribution is 7.07. The molecule has 4 heteroatoms. The van der Waals surface area contributed by atoms with Crippen molar-refractivity contribution in [2.24, 2.45) is 5.73 Å². The Bertz CT molecular complexity index is 437. The van der Waals surface area contributed by atoms with E-state index in [0.29, 0.717) is 6.61 Å². The summed E-state index contributed by atoms with van der Waals surface area (Å²) in [6.07, 6.45) is 0.895. The Morgan fingerprint density at radius 3 is 2.71 bits per heavy atom. The fraction of sp³-hybridized carbons (Fsp3) is 0.308. The van der Waals surface area contributed by atoms with Gasteiger partial charge in [0.1, 0.15) is 12.4 Å². The van der Waals surface area contributed by atoms with Crippen LogP contribution in [-0.4, -0.2) is 11.0 Å². The third-order valence-corrected chi connectivity index (χ3v) is 2.99. The van der Waals surface area contributed by atoms with E-state index in [1.165, 1.54) is 5.56 Å². The van der Waals surface area contributed by atoms with Crippen molar-refractivity contribution < 1.29 is 4.74 Å². The minimum Gasteiger partial charge on any atom is -0.487 e. The van der Waals surface area contributed by atoms with Crippen LogP contribution in [0.2, 0.25) is 0 Å².